The number of carboxylic acids is 1. The van der Waals surface area contributed by atoms with Crippen LogP contribution >= 0.6 is 0 Å². The summed E-state index contributed by atoms with van der Waals surface area (Å²) in [7, 11) is 0. The lowest BCUT2D eigenvalue weighted by molar-refractivity contribution is -0.185. The fourth-order valence-electron chi connectivity index (χ4n) is 3.12. The van der Waals surface area contributed by atoms with E-state index < -0.39 is 40.4 Å². The average Bonchev–Trinajstić information content (AvgIpc) is 2.58. The van der Waals surface area contributed by atoms with Gasteiger partial charge in [-0.25, -0.2) is 0 Å². The van der Waals surface area contributed by atoms with E-state index in [4.69, 9.17) is 9.47 Å². The molecule has 0 saturated carbocycles. The Morgan fingerprint density at radius 3 is 1.90 bits per heavy atom. The summed E-state index contributed by atoms with van der Waals surface area (Å²) in [6, 6.07) is 0. The molecule has 0 spiro atoms. The fraction of sp³-hybridized carbons (Fsp3) is 0.560. The molecule has 0 radical (unpaired) electrons. The summed E-state index contributed by atoms with van der Waals surface area (Å²) in [5.41, 5.74) is -3.14. The molecule has 0 aromatic heterocycles. The van der Waals surface area contributed by atoms with E-state index in [0.29, 0.717) is 0 Å². The van der Waals surface area contributed by atoms with E-state index in [1.807, 2.05) is 0 Å². The summed E-state index contributed by atoms with van der Waals surface area (Å²) < 4.78 is 11.2. The van der Waals surface area contributed by atoms with Gasteiger partial charge in [-0.15, -0.1) is 6.58 Å². The number of hydrogen-bond donors (Lipinski definition) is 1. The van der Waals surface area contributed by atoms with E-state index in [1.54, 1.807) is 84.1 Å². The molecule has 0 saturated heterocycles. The highest BCUT2D eigenvalue weighted by Crippen LogP contribution is 2.35. The SMILES string of the molecule is C=C[C@H]1/C=C/C=C/CC(C(=O)OC(C)(C)C)(C(=O)OC(C)(C)C)C/C=C/C[C@H]1C(=O)O. The van der Waals surface area contributed by atoms with E-state index in [0.717, 1.165) is 0 Å². The molecule has 172 valence electrons. The van der Waals surface area contributed by atoms with Crippen LogP contribution in [0.15, 0.2) is 49.1 Å². The maximum atomic E-state index is 13.2. The minimum absolute atomic E-state index is 0.0377. The smallest absolute Gasteiger partial charge is 0.324 e. The Morgan fingerprint density at radius 1 is 0.935 bits per heavy atom. The first-order chi connectivity index (χ1) is 14.2. The van der Waals surface area contributed by atoms with E-state index >= 15 is 0 Å². The zero-order valence-corrected chi connectivity index (χ0v) is 19.5. The van der Waals surface area contributed by atoms with E-state index in [-0.39, 0.29) is 25.2 Å². The highest BCUT2D eigenvalue weighted by Gasteiger charge is 2.49. The van der Waals surface area contributed by atoms with Gasteiger partial charge >= 0.3 is 17.9 Å². The molecular formula is C25H36O6. The third-order valence-corrected chi connectivity index (χ3v) is 4.70. The standard InChI is InChI=1S/C25H36O6/c1-8-18-14-10-9-12-16-25(21(28)30-23(2,3)4,22(29)31-24(5,6)7)17-13-11-15-19(18)20(26)27/h8-14,18-19H,1,15-17H2,2-7H3,(H,26,27)/b12-9+,13-11+,14-10+/t18-,19+/m0/s1. The first-order valence-electron chi connectivity index (χ1n) is 10.5. The summed E-state index contributed by atoms with van der Waals surface area (Å²) in [6.07, 6.45) is 12.2. The van der Waals surface area contributed by atoms with Crippen LogP contribution in [0.4, 0.5) is 0 Å². The largest absolute Gasteiger partial charge is 0.481 e. The van der Waals surface area contributed by atoms with Gasteiger partial charge < -0.3 is 14.6 Å². The number of carboxylic acid groups (broad SMARTS) is 1. The van der Waals surface area contributed by atoms with Gasteiger partial charge in [0.15, 0.2) is 5.41 Å². The first-order valence-corrected chi connectivity index (χ1v) is 10.5. The number of ether oxygens (including phenoxy) is 2. The molecule has 6 heteroatoms. The lowest BCUT2D eigenvalue weighted by atomic mass is 9.79. The second-order valence-corrected chi connectivity index (χ2v) is 9.77. The number of carbonyl (C=O) groups excluding carboxylic acids is 2. The predicted octanol–water partition coefficient (Wildman–Crippen LogP) is 5.01. The molecule has 1 aliphatic rings. The van der Waals surface area contributed by atoms with Gasteiger partial charge in [-0.3, -0.25) is 14.4 Å². The lowest BCUT2D eigenvalue weighted by Gasteiger charge is -2.34. The van der Waals surface area contributed by atoms with Crippen LogP contribution in [-0.2, 0) is 23.9 Å². The molecule has 0 aromatic rings. The monoisotopic (exact) mass is 432 g/mol. The third-order valence-electron chi connectivity index (χ3n) is 4.70. The number of hydrogen-bond acceptors (Lipinski definition) is 5. The van der Waals surface area contributed by atoms with Crippen molar-refractivity contribution < 1.29 is 29.0 Å². The zero-order chi connectivity index (χ0) is 23.9. The molecule has 0 heterocycles. The molecule has 0 bridgehead atoms. The highest BCUT2D eigenvalue weighted by atomic mass is 16.6. The van der Waals surface area contributed by atoms with Crippen molar-refractivity contribution in [1.82, 2.24) is 0 Å². The van der Waals surface area contributed by atoms with Crippen molar-refractivity contribution >= 4 is 17.9 Å². The molecule has 0 unspecified atom stereocenters. The topological polar surface area (TPSA) is 89.9 Å². The van der Waals surface area contributed by atoms with Gasteiger partial charge in [0.2, 0.25) is 0 Å². The molecule has 6 nitrogen and oxygen atoms in total. The van der Waals surface area contributed by atoms with Crippen LogP contribution in [0.25, 0.3) is 0 Å². The van der Waals surface area contributed by atoms with Crippen molar-refractivity contribution in [3.8, 4) is 0 Å². The maximum Gasteiger partial charge on any atom is 0.324 e. The molecule has 0 fully saturated rings. The average molecular weight is 433 g/mol. The Kier molecular flexibility index (Phi) is 9.03. The Morgan fingerprint density at radius 2 is 1.45 bits per heavy atom. The van der Waals surface area contributed by atoms with Gasteiger partial charge in [0.25, 0.3) is 0 Å². The molecule has 2 atom stereocenters. The minimum Gasteiger partial charge on any atom is -0.481 e. The molecule has 0 amide bonds. The van der Waals surface area contributed by atoms with Crippen LogP contribution in [0.3, 0.4) is 0 Å². The highest BCUT2D eigenvalue weighted by molar-refractivity contribution is 6.00. The number of aliphatic carboxylic acids is 1. The number of carbonyl (C=O) groups is 3. The van der Waals surface area contributed by atoms with Crippen molar-refractivity contribution in [1.29, 1.82) is 0 Å². The summed E-state index contributed by atoms with van der Waals surface area (Å²) >= 11 is 0. The van der Waals surface area contributed by atoms with Crippen LogP contribution < -0.4 is 0 Å². The summed E-state index contributed by atoms with van der Waals surface area (Å²) in [5, 5.41) is 9.60. The Labute approximate surface area is 185 Å². The molecule has 1 aliphatic carbocycles. The molecule has 0 aromatic carbocycles. The summed E-state index contributed by atoms with van der Waals surface area (Å²) in [4.78, 5) is 38.2. The molecule has 1 rings (SSSR count). The first kappa shape index (κ1) is 26.4. The van der Waals surface area contributed by atoms with Crippen molar-refractivity contribution in [2.75, 3.05) is 0 Å². The van der Waals surface area contributed by atoms with Crippen LogP contribution in [0.1, 0.15) is 60.8 Å². The fourth-order valence-corrected chi connectivity index (χ4v) is 3.12. The van der Waals surface area contributed by atoms with E-state index in [9.17, 15) is 19.5 Å². The van der Waals surface area contributed by atoms with Gasteiger partial charge in [-0.2, -0.15) is 0 Å². The van der Waals surface area contributed by atoms with Gasteiger partial charge in [0.05, 0.1) is 5.92 Å². The quantitative estimate of drug-likeness (QED) is 0.381. The van der Waals surface area contributed by atoms with E-state index in [2.05, 4.69) is 6.58 Å². The van der Waals surface area contributed by atoms with Crippen LogP contribution in [0, 0.1) is 17.3 Å². The second kappa shape index (κ2) is 10.6. The Balaban J connectivity index is 3.44. The number of esters is 2. The number of rotatable bonds is 4. The van der Waals surface area contributed by atoms with Gasteiger partial charge in [-0.05, 0) is 60.8 Å². The summed E-state index contributed by atoms with van der Waals surface area (Å²) in [6.45, 7) is 14.2. The number of allylic oxidation sites excluding steroid dienone is 7. The predicted molar refractivity (Wildman–Crippen MR) is 120 cm³/mol. The van der Waals surface area contributed by atoms with Gasteiger partial charge in [0, 0.05) is 5.92 Å². The van der Waals surface area contributed by atoms with Crippen molar-refractivity contribution in [2.24, 2.45) is 17.3 Å². The normalized spacial score (nSPS) is 25.1. The van der Waals surface area contributed by atoms with Crippen molar-refractivity contribution in [2.45, 2.75) is 72.0 Å². The van der Waals surface area contributed by atoms with Gasteiger partial charge in [-0.1, -0.05) is 42.5 Å². The lowest BCUT2D eigenvalue weighted by Crippen LogP contribution is -2.46. The van der Waals surface area contributed by atoms with E-state index in [1.165, 1.54) is 0 Å². The van der Waals surface area contributed by atoms with Crippen LogP contribution in [-0.4, -0.2) is 34.2 Å². The molecule has 31 heavy (non-hydrogen) atoms. The minimum atomic E-state index is -1.57. The zero-order valence-electron chi connectivity index (χ0n) is 19.5. The molecule has 0 aliphatic heterocycles. The Hall–Kier alpha value is -2.63. The van der Waals surface area contributed by atoms with Gasteiger partial charge in [0.1, 0.15) is 11.2 Å². The molecule has 1 N–H and O–H groups in total. The van der Waals surface area contributed by atoms with Crippen molar-refractivity contribution in [3.05, 3.63) is 49.1 Å². The molecular weight excluding hydrogens is 396 g/mol. The maximum absolute atomic E-state index is 13.2. The second-order valence-electron chi connectivity index (χ2n) is 9.77. The third kappa shape index (κ3) is 8.19. The van der Waals surface area contributed by atoms with Crippen LogP contribution in [0.5, 0.6) is 0 Å². The van der Waals surface area contributed by atoms with Crippen LogP contribution in [0.2, 0.25) is 0 Å². The Bertz CT molecular complexity index is 730. The van der Waals surface area contributed by atoms with Crippen molar-refractivity contribution in [3.63, 3.8) is 0 Å². The summed E-state index contributed by atoms with van der Waals surface area (Å²) in [5.74, 6) is -3.31.